The van der Waals surface area contributed by atoms with Crippen molar-refractivity contribution in [3.8, 4) is 11.5 Å². The summed E-state index contributed by atoms with van der Waals surface area (Å²) in [6.07, 6.45) is 3.05. The average Bonchev–Trinajstić information content (AvgIpc) is 3.30. The van der Waals surface area contributed by atoms with Crippen LogP contribution >= 0.6 is 0 Å². The normalized spacial score (nSPS) is 11.4. The van der Waals surface area contributed by atoms with Gasteiger partial charge in [0.05, 0.1) is 19.7 Å². The van der Waals surface area contributed by atoms with E-state index in [2.05, 4.69) is 20.7 Å². The summed E-state index contributed by atoms with van der Waals surface area (Å²) in [7, 11) is 3.00. The minimum absolute atomic E-state index is 0.146. The maximum atomic E-state index is 12.9. The van der Waals surface area contributed by atoms with Gasteiger partial charge >= 0.3 is 0 Å². The number of carbonyl (C=O) groups excluding carboxylic acids is 2. The van der Waals surface area contributed by atoms with Gasteiger partial charge in [0.25, 0.3) is 11.8 Å². The molecule has 9 nitrogen and oxygen atoms in total. The van der Waals surface area contributed by atoms with Crippen LogP contribution in [0, 0.1) is 0 Å². The maximum absolute atomic E-state index is 12.9. The van der Waals surface area contributed by atoms with Crippen molar-refractivity contribution in [3.63, 3.8) is 0 Å². The predicted octanol–water partition coefficient (Wildman–Crippen LogP) is 1.58. The Balaban J connectivity index is 1.77. The summed E-state index contributed by atoms with van der Waals surface area (Å²) in [6, 6.07) is 14.1. The smallest absolute Gasteiger partial charge is 0.257 e. The third kappa shape index (κ3) is 5.34. The Morgan fingerprint density at radius 2 is 1.93 bits per heavy atom. The lowest BCUT2D eigenvalue weighted by molar-refractivity contribution is -0.122. The van der Waals surface area contributed by atoms with Gasteiger partial charge in [-0.2, -0.15) is 5.10 Å². The summed E-state index contributed by atoms with van der Waals surface area (Å²) in [4.78, 5) is 28.3. The predicted molar refractivity (Wildman–Crippen MR) is 109 cm³/mol. The molecule has 2 N–H and O–H groups in total. The van der Waals surface area contributed by atoms with Gasteiger partial charge in [0.1, 0.15) is 12.7 Å². The standard InChI is InChI=1S/C21H23N5O4/c1-22-20(27)12-30-18-9-8-16(10-19(18)29-2)21(28)25-17(11-26-14-23-13-24-26)15-6-4-3-5-7-15/h3-10,13-14,17H,11-12H2,1-2H3,(H,22,27)(H,25,28). The van der Waals surface area contributed by atoms with E-state index in [4.69, 9.17) is 9.47 Å². The molecule has 0 spiro atoms. The van der Waals surface area contributed by atoms with E-state index in [1.165, 1.54) is 20.5 Å². The second-order valence-corrected chi connectivity index (χ2v) is 6.38. The van der Waals surface area contributed by atoms with Crippen molar-refractivity contribution < 1.29 is 19.1 Å². The second-order valence-electron chi connectivity index (χ2n) is 6.38. The number of likely N-dealkylation sites (N-methyl/N-ethyl adjacent to an activating group) is 1. The summed E-state index contributed by atoms with van der Waals surface area (Å²) in [6.45, 7) is 0.284. The van der Waals surface area contributed by atoms with Crippen molar-refractivity contribution in [2.45, 2.75) is 12.6 Å². The monoisotopic (exact) mass is 409 g/mol. The van der Waals surface area contributed by atoms with E-state index in [1.807, 2.05) is 30.3 Å². The van der Waals surface area contributed by atoms with Crippen LogP contribution in [0.5, 0.6) is 11.5 Å². The molecule has 0 aliphatic rings. The Kier molecular flexibility index (Phi) is 6.99. The summed E-state index contributed by atoms with van der Waals surface area (Å²) in [5.41, 5.74) is 1.34. The van der Waals surface area contributed by atoms with Crippen LogP contribution < -0.4 is 20.1 Å². The molecule has 1 heterocycles. The molecule has 156 valence electrons. The molecule has 3 rings (SSSR count). The van der Waals surface area contributed by atoms with Crippen molar-refractivity contribution in [2.24, 2.45) is 0 Å². The minimum Gasteiger partial charge on any atom is -0.493 e. The fourth-order valence-electron chi connectivity index (χ4n) is 2.82. The molecule has 0 aliphatic carbocycles. The Morgan fingerprint density at radius 3 is 2.60 bits per heavy atom. The Bertz CT molecular complexity index is 976. The maximum Gasteiger partial charge on any atom is 0.257 e. The second kappa shape index (κ2) is 10.1. The molecule has 1 unspecified atom stereocenters. The average molecular weight is 409 g/mol. The molecule has 30 heavy (non-hydrogen) atoms. The van der Waals surface area contributed by atoms with E-state index in [-0.39, 0.29) is 24.5 Å². The first-order chi connectivity index (χ1) is 14.6. The van der Waals surface area contributed by atoms with Crippen LogP contribution in [-0.2, 0) is 11.3 Å². The molecule has 2 amide bonds. The van der Waals surface area contributed by atoms with Gasteiger partial charge < -0.3 is 20.1 Å². The van der Waals surface area contributed by atoms with Gasteiger partial charge in [-0.25, -0.2) is 4.98 Å². The summed E-state index contributed by atoms with van der Waals surface area (Å²) >= 11 is 0. The lowest BCUT2D eigenvalue weighted by atomic mass is 10.1. The number of nitrogens with zero attached hydrogens (tertiary/aromatic N) is 3. The highest BCUT2D eigenvalue weighted by atomic mass is 16.5. The quantitative estimate of drug-likeness (QED) is 0.556. The Hall–Kier alpha value is -3.88. The Labute approximate surface area is 174 Å². The number of aromatic nitrogens is 3. The van der Waals surface area contributed by atoms with Gasteiger partial charge in [0.15, 0.2) is 18.1 Å². The van der Waals surface area contributed by atoms with Gasteiger partial charge in [-0.1, -0.05) is 30.3 Å². The van der Waals surface area contributed by atoms with Crippen LogP contribution in [-0.4, -0.2) is 47.3 Å². The third-order valence-corrected chi connectivity index (χ3v) is 4.41. The highest BCUT2D eigenvalue weighted by Gasteiger charge is 2.18. The molecule has 0 fully saturated rings. The van der Waals surface area contributed by atoms with E-state index in [1.54, 1.807) is 29.2 Å². The fourth-order valence-corrected chi connectivity index (χ4v) is 2.82. The molecule has 3 aromatic rings. The zero-order valence-corrected chi connectivity index (χ0v) is 16.7. The molecular weight excluding hydrogens is 386 g/mol. The van der Waals surface area contributed by atoms with Crippen molar-refractivity contribution in [1.82, 2.24) is 25.4 Å². The molecule has 9 heteroatoms. The number of benzene rings is 2. The van der Waals surface area contributed by atoms with Crippen molar-refractivity contribution in [3.05, 3.63) is 72.3 Å². The first kappa shape index (κ1) is 20.8. The van der Waals surface area contributed by atoms with Gasteiger partial charge in [-0.3, -0.25) is 14.3 Å². The number of methoxy groups -OCH3 is 1. The first-order valence-corrected chi connectivity index (χ1v) is 9.30. The molecular formula is C21H23N5O4. The third-order valence-electron chi connectivity index (χ3n) is 4.41. The van der Waals surface area contributed by atoms with E-state index in [9.17, 15) is 9.59 Å². The number of hydrogen-bond donors (Lipinski definition) is 2. The minimum atomic E-state index is -0.310. The van der Waals surface area contributed by atoms with Gasteiger partial charge in [-0.05, 0) is 23.8 Å². The van der Waals surface area contributed by atoms with Crippen LogP contribution in [0.25, 0.3) is 0 Å². The summed E-state index contributed by atoms with van der Waals surface area (Å²) in [5.74, 6) is 0.191. The topological polar surface area (TPSA) is 107 Å². The molecule has 0 aliphatic heterocycles. The fraction of sp³-hybridized carbons (Fsp3) is 0.238. The van der Waals surface area contributed by atoms with Crippen molar-refractivity contribution >= 4 is 11.8 Å². The lowest BCUT2D eigenvalue weighted by Gasteiger charge is -2.19. The van der Waals surface area contributed by atoms with E-state index < -0.39 is 0 Å². The molecule has 0 saturated heterocycles. The highest BCUT2D eigenvalue weighted by Crippen LogP contribution is 2.28. The lowest BCUT2D eigenvalue weighted by Crippen LogP contribution is -2.31. The number of amides is 2. The van der Waals surface area contributed by atoms with Gasteiger partial charge in [0.2, 0.25) is 0 Å². The zero-order valence-electron chi connectivity index (χ0n) is 16.7. The summed E-state index contributed by atoms with van der Waals surface area (Å²) < 4.78 is 12.4. The van der Waals surface area contributed by atoms with Crippen molar-refractivity contribution in [2.75, 3.05) is 20.8 Å². The SMILES string of the molecule is CNC(=O)COc1ccc(C(=O)NC(Cn2cncn2)c2ccccc2)cc1OC. The van der Waals surface area contributed by atoms with Crippen LogP contribution in [0.15, 0.2) is 61.2 Å². The van der Waals surface area contributed by atoms with Gasteiger partial charge in [0, 0.05) is 12.6 Å². The number of rotatable bonds is 9. The molecule has 0 bridgehead atoms. The van der Waals surface area contributed by atoms with Crippen molar-refractivity contribution in [1.29, 1.82) is 0 Å². The van der Waals surface area contributed by atoms with E-state index in [0.717, 1.165) is 5.56 Å². The Morgan fingerprint density at radius 1 is 1.13 bits per heavy atom. The number of carbonyl (C=O) groups is 2. The van der Waals surface area contributed by atoms with E-state index >= 15 is 0 Å². The van der Waals surface area contributed by atoms with Crippen LogP contribution in [0.3, 0.4) is 0 Å². The highest BCUT2D eigenvalue weighted by molar-refractivity contribution is 5.95. The largest absolute Gasteiger partial charge is 0.493 e. The van der Waals surface area contributed by atoms with Crippen LogP contribution in [0.4, 0.5) is 0 Å². The number of hydrogen-bond acceptors (Lipinski definition) is 6. The number of nitrogens with one attached hydrogen (secondary N) is 2. The molecule has 1 aromatic heterocycles. The van der Waals surface area contributed by atoms with Crippen LogP contribution in [0.2, 0.25) is 0 Å². The first-order valence-electron chi connectivity index (χ1n) is 9.30. The molecule has 0 saturated carbocycles. The number of ether oxygens (including phenoxy) is 2. The summed E-state index contributed by atoms with van der Waals surface area (Å²) in [5, 5.41) is 9.63. The molecule has 2 aromatic carbocycles. The zero-order chi connectivity index (χ0) is 21.3. The molecule has 1 atom stereocenters. The molecule has 0 radical (unpaired) electrons. The van der Waals surface area contributed by atoms with Crippen LogP contribution in [0.1, 0.15) is 22.0 Å². The van der Waals surface area contributed by atoms with E-state index in [0.29, 0.717) is 23.6 Å². The van der Waals surface area contributed by atoms with Gasteiger partial charge in [-0.15, -0.1) is 0 Å².